The standard InChI is InChI=1S/C15H14N4OS/c16-13-9-11(18-19-13)15(20)17-14(12-7-4-8-21-12)10-5-2-1-3-6-10/h1-9,14H,(H,17,20)(H3,16,18,19). The molecule has 0 bridgehead atoms. The lowest BCUT2D eigenvalue weighted by Gasteiger charge is -2.17. The lowest BCUT2D eigenvalue weighted by molar-refractivity contribution is 0.0938. The summed E-state index contributed by atoms with van der Waals surface area (Å²) in [6.45, 7) is 0. The molecule has 5 nitrogen and oxygen atoms in total. The van der Waals surface area contributed by atoms with Crippen LogP contribution in [-0.4, -0.2) is 16.1 Å². The van der Waals surface area contributed by atoms with Crippen molar-refractivity contribution in [3.05, 3.63) is 70.0 Å². The van der Waals surface area contributed by atoms with Crippen LogP contribution in [0.5, 0.6) is 0 Å². The molecule has 3 rings (SSSR count). The minimum absolute atomic E-state index is 0.191. The highest BCUT2D eigenvalue weighted by atomic mass is 32.1. The molecule has 0 saturated heterocycles. The number of hydrogen-bond donors (Lipinski definition) is 3. The SMILES string of the molecule is Nc1cc(C(=O)NC(c2ccccc2)c2cccs2)[nH]n1. The molecule has 1 unspecified atom stereocenters. The molecule has 4 N–H and O–H groups in total. The maximum Gasteiger partial charge on any atom is 0.270 e. The molecule has 1 aromatic carbocycles. The topological polar surface area (TPSA) is 83.8 Å². The third kappa shape index (κ3) is 2.95. The summed E-state index contributed by atoms with van der Waals surface area (Å²) < 4.78 is 0. The first kappa shape index (κ1) is 13.4. The van der Waals surface area contributed by atoms with E-state index < -0.39 is 0 Å². The fourth-order valence-electron chi connectivity index (χ4n) is 2.08. The van der Waals surface area contributed by atoms with Gasteiger partial charge in [0.15, 0.2) is 0 Å². The van der Waals surface area contributed by atoms with Gasteiger partial charge in [-0.25, -0.2) is 0 Å². The number of anilines is 1. The van der Waals surface area contributed by atoms with Crippen LogP contribution in [0.15, 0.2) is 53.9 Å². The zero-order valence-corrected chi connectivity index (χ0v) is 11.9. The van der Waals surface area contributed by atoms with Gasteiger partial charge < -0.3 is 11.1 Å². The number of hydrogen-bond acceptors (Lipinski definition) is 4. The molecule has 0 aliphatic rings. The van der Waals surface area contributed by atoms with E-state index in [9.17, 15) is 4.79 Å². The summed E-state index contributed by atoms with van der Waals surface area (Å²) in [5, 5.41) is 11.4. The van der Waals surface area contributed by atoms with Crippen molar-refractivity contribution in [2.24, 2.45) is 0 Å². The normalized spacial score (nSPS) is 12.0. The van der Waals surface area contributed by atoms with Gasteiger partial charge in [-0.15, -0.1) is 11.3 Å². The molecule has 0 radical (unpaired) electrons. The van der Waals surface area contributed by atoms with Gasteiger partial charge in [0.2, 0.25) is 0 Å². The molecule has 106 valence electrons. The van der Waals surface area contributed by atoms with Crippen molar-refractivity contribution < 1.29 is 4.79 Å². The van der Waals surface area contributed by atoms with Gasteiger partial charge in [-0.2, -0.15) is 5.10 Å². The van der Waals surface area contributed by atoms with Crippen LogP contribution >= 0.6 is 11.3 Å². The zero-order valence-electron chi connectivity index (χ0n) is 11.1. The van der Waals surface area contributed by atoms with E-state index in [2.05, 4.69) is 15.5 Å². The lowest BCUT2D eigenvalue weighted by Crippen LogP contribution is -2.29. The summed E-state index contributed by atoms with van der Waals surface area (Å²) in [5.74, 6) is 0.0639. The number of thiophene rings is 1. The zero-order chi connectivity index (χ0) is 14.7. The molecule has 1 atom stereocenters. The summed E-state index contributed by atoms with van der Waals surface area (Å²) in [6, 6.07) is 15.1. The van der Waals surface area contributed by atoms with Gasteiger partial charge in [-0.3, -0.25) is 9.89 Å². The number of nitrogens with zero attached hydrogens (tertiary/aromatic N) is 1. The minimum atomic E-state index is -0.235. The lowest BCUT2D eigenvalue weighted by atomic mass is 10.1. The molecule has 0 aliphatic carbocycles. The average Bonchev–Trinajstić information content (AvgIpc) is 3.17. The number of amides is 1. The number of benzene rings is 1. The number of H-pyrrole nitrogens is 1. The van der Waals surface area contributed by atoms with Crippen molar-refractivity contribution in [3.8, 4) is 0 Å². The van der Waals surface area contributed by atoms with Gasteiger partial charge >= 0.3 is 0 Å². The Hall–Kier alpha value is -2.60. The highest BCUT2D eigenvalue weighted by Gasteiger charge is 2.19. The van der Waals surface area contributed by atoms with E-state index in [1.165, 1.54) is 6.07 Å². The molecule has 21 heavy (non-hydrogen) atoms. The van der Waals surface area contributed by atoms with E-state index in [1.54, 1.807) is 11.3 Å². The third-order valence-corrected chi connectivity index (χ3v) is 4.02. The minimum Gasteiger partial charge on any atom is -0.382 e. The number of aromatic amines is 1. The van der Waals surface area contributed by atoms with Crippen molar-refractivity contribution in [3.63, 3.8) is 0 Å². The smallest absolute Gasteiger partial charge is 0.270 e. The quantitative estimate of drug-likeness (QED) is 0.692. The fraction of sp³-hybridized carbons (Fsp3) is 0.0667. The summed E-state index contributed by atoms with van der Waals surface area (Å²) in [6.07, 6.45) is 0. The highest BCUT2D eigenvalue weighted by molar-refractivity contribution is 7.10. The molecular weight excluding hydrogens is 284 g/mol. The molecule has 0 saturated carbocycles. The number of carbonyl (C=O) groups excluding carboxylic acids is 1. The molecule has 2 aromatic heterocycles. The van der Waals surface area contributed by atoms with E-state index in [4.69, 9.17) is 5.73 Å². The summed E-state index contributed by atoms with van der Waals surface area (Å²) >= 11 is 1.60. The van der Waals surface area contributed by atoms with Crippen molar-refractivity contribution in [1.82, 2.24) is 15.5 Å². The maximum atomic E-state index is 12.3. The molecule has 6 heteroatoms. The van der Waals surface area contributed by atoms with Crippen LogP contribution in [0.25, 0.3) is 0 Å². The number of carbonyl (C=O) groups is 1. The van der Waals surface area contributed by atoms with Crippen molar-refractivity contribution in [2.45, 2.75) is 6.04 Å². The monoisotopic (exact) mass is 298 g/mol. The van der Waals surface area contributed by atoms with Crippen molar-refractivity contribution >= 4 is 23.1 Å². The van der Waals surface area contributed by atoms with Crippen molar-refractivity contribution in [1.29, 1.82) is 0 Å². The van der Waals surface area contributed by atoms with E-state index >= 15 is 0 Å². The maximum absolute atomic E-state index is 12.3. The van der Waals surface area contributed by atoms with Gasteiger partial charge in [0.1, 0.15) is 11.5 Å². The van der Waals surface area contributed by atoms with Gasteiger partial charge in [-0.1, -0.05) is 36.4 Å². The highest BCUT2D eigenvalue weighted by Crippen LogP contribution is 2.26. The molecule has 0 spiro atoms. The molecule has 1 amide bonds. The fourth-order valence-corrected chi connectivity index (χ4v) is 2.88. The number of rotatable bonds is 4. The number of aromatic nitrogens is 2. The number of nitrogen functional groups attached to an aromatic ring is 1. The predicted octanol–water partition coefficient (Wildman–Crippen LogP) is 2.57. The van der Waals surface area contributed by atoms with E-state index in [1.807, 2.05) is 47.8 Å². The predicted molar refractivity (Wildman–Crippen MR) is 83.1 cm³/mol. The van der Waals surface area contributed by atoms with Crippen LogP contribution in [0.1, 0.15) is 27.0 Å². The van der Waals surface area contributed by atoms with Crippen molar-refractivity contribution in [2.75, 3.05) is 5.73 Å². The average molecular weight is 298 g/mol. The Morgan fingerprint density at radius 1 is 1.24 bits per heavy atom. The second-order valence-electron chi connectivity index (χ2n) is 4.54. The van der Waals surface area contributed by atoms with Gasteiger partial charge in [0, 0.05) is 10.9 Å². The first-order valence-corrected chi connectivity index (χ1v) is 7.32. The second kappa shape index (κ2) is 5.80. The molecular formula is C15H14N4OS. The number of nitrogens with two attached hydrogens (primary N) is 1. The summed E-state index contributed by atoms with van der Waals surface area (Å²) in [4.78, 5) is 13.4. The Balaban J connectivity index is 1.88. The van der Waals surface area contributed by atoms with Crippen LogP contribution in [0, 0.1) is 0 Å². The van der Waals surface area contributed by atoms with Gasteiger partial charge in [0.05, 0.1) is 6.04 Å². The van der Waals surface area contributed by atoms with Crippen LogP contribution < -0.4 is 11.1 Å². The van der Waals surface area contributed by atoms with Gasteiger partial charge in [-0.05, 0) is 17.0 Å². The Labute approximate surface area is 125 Å². The molecule has 0 aliphatic heterocycles. The Bertz CT molecular complexity index is 721. The summed E-state index contributed by atoms with van der Waals surface area (Å²) in [5.41, 5.74) is 6.91. The number of nitrogens with one attached hydrogen (secondary N) is 2. The van der Waals surface area contributed by atoms with E-state index in [-0.39, 0.29) is 11.9 Å². The van der Waals surface area contributed by atoms with Gasteiger partial charge in [0.25, 0.3) is 5.91 Å². The van der Waals surface area contributed by atoms with Crippen LogP contribution in [-0.2, 0) is 0 Å². The first-order valence-electron chi connectivity index (χ1n) is 6.44. The van der Waals surface area contributed by atoms with Crippen LogP contribution in [0.3, 0.4) is 0 Å². The Kier molecular flexibility index (Phi) is 3.70. The third-order valence-electron chi connectivity index (χ3n) is 3.08. The summed E-state index contributed by atoms with van der Waals surface area (Å²) in [7, 11) is 0. The van der Waals surface area contributed by atoms with Crippen LogP contribution in [0.2, 0.25) is 0 Å². The molecule has 0 fully saturated rings. The van der Waals surface area contributed by atoms with E-state index in [0.717, 1.165) is 10.4 Å². The molecule has 3 aromatic rings. The largest absolute Gasteiger partial charge is 0.382 e. The molecule has 2 heterocycles. The second-order valence-corrected chi connectivity index (χ2v) is 5.52. The van der Waals surface area contributed by atoms with Crippen LogP contribution in [0.4, 0.5) is 5.82 Å². The first-order chi connectivity index (χ1) is 10.2. The Morgan fingerprint density at radius 3 is 2.67 bits per heavy atom. The Morgan fingerprint density at radius 2 is 2.05 bits per heavy atom. The van der Waals surface area contributed by atoms with E-state index in [0.29, 0.717) is 11.5 Å².